The minimum atomic E-state index is 0.461. The summed E-state index contributed by atoms with van der Waals surface area (Å²) in [7, 11) is 0. The molecule has 0 fully saturated rings. The largest absolute Gasteiger partial charge is 0.309 e. The van der Waals surface area contributed by atoms with Crippen molar-refractivity contribution in [2.45, 2.75) is 6.92 Å². The predicted molar refractivity (Wildman–Crippen MR) is 160 cm³/mol. The van der Waals surface area contributed by atoms with E-state index >= 15 is 0 Å². The number of nitrogens with zero attached hydrogens (tertiary/aromatic N) is 5. The second kappa shape index (κ2) is 9.61. The zero-order chi connectivity index (χ0) is 27.1. The maximum absolute atomic E-state index is 10.1. The molecule has 0 spiro atoms. The van der Waals surface area contributed by atoms with Crippen molar-refractivity contribution >= 4 is 21.8 Å². The molecule has 5 aromatic carbocycles. The lowest BCUT2D eigenvalue weighted by Crippen LogP contribution is -2.02. The first-order valence-corrected chi connectivity index (χ1v) is 13.1. The number of nitriles is 1. The molecule has 2 aromatic heterocycles. The molecule has 5 heteroatoms. The number of fused-ring (bicyclic) bond motifs is 3. The highest BCUT2D eigenvalue weighted by Crippen LogP contribution is 2.35. The summed E-state index contributed by atoms with van der Waals surface area (Å²) >= 11 is 0. The molecule has 7 rings (SSSR count). The summed E-state index contributed by atoms with van der Waals surface area (Å²) in [5, 5.41) is 12.5. The van der Waals surface area contributed by atoms with Crippen molar-refractivity contribution in [3.8, 4) is 45.9 Å². The maximum Gasteiger partial charge on any atom is 0.165 e. The molecule has 0 aliphatic carbocycles. The molecule has 40 heavy (non-hydrogen) atoms. The van der Waals surface area contributed by atoms with E-state index in [9.17, 15) is 5.26 Å². The van der Waals surface area contributed by atoms with Crippen molar-refractivity contribution in [1.29, 1.82) is 5.26 Å². The molecule has 0 amide bonds. The van der Waals surface area contributed by atoms with Crippen molar-refractivity contribution in [1.82, 2.24) is 19.5 Å². The third-order valence-corrected chi connectivity index (χ3v) is 7.15. The van der Waals surface area contributed by atoms with Gasteiger partial charge in [-0.15, -0.1) is 0 Å². The van der Waals surface area contributed by atoms with E-state index in [-0.39, 0.29) is 0 Å². The van der Waals surface area contributed by atoms with Crippen LogP contribution in [0, 0.1) is 18.3 Å². The molecule has 0 saturated heterocycles. The zero-order valence-corrected chi connectivity index (χ0v) is 21.8. The van der Waals surface area contributed by atoms with Crippen LogP contribution in [0.15, 0.2) is 121 Å². The van der Waals surface area contributed by atoms with Crippen molar-refractivity contribution in [3.63, 3.8) is 0 Å². The Bertz CT molecular complexity index is 2010. The van der Waals surface area contributed by atoms with Crippen molar-refractivity contribution in [2.24, 2.45) is 0 Å². The number of benzene rings is 5. The van der Waals surface area contributed by atoms with Gasteiger partial charge >= 0.3 is 0 Å². The van der Waals surface area contributed by atoms with Gasteiger partial charge in [0, 0.05) is 33.2 Å². The van der Waals surface area contributed by atoms with Crippen LogP contribution in [0.2, 0.25) is 0 Å². The number of hydrogen-bond acceptors (Lipinski definition) is 4. The van der Waals surface area contributed by atoms with E-state index in [2.05, 4.69) is 60.0 Å². The molecule has 188 valence electrons. The highest BCUT2D eigenvalue weighted by Gasteiger charge is 2.18. The second-order valence-corrected chi connectivity index (χ2v) is 9.75. The Morgan fingerprint density at radius 3 is 1.85 bits per heavy atom. The Morgan fingerprint density at radius 1 is 0.575 bits per heavy atom. The Labute approximate surface area is 231 Å². The lowest BCUT2D eigenvalue weighted by atomic mass is 10.1. The van der Waals surface area contributed by atoms with Crippen LogP contribution in [-0.4, -0.2) is 19.5 Å². The van der Waals surface area contributed by atoms with Gasteiger partial charge in [0.05, 0.1) is 22.7 Å². The Balaban J connectivity index is 1.49. The van der Waals surface area contributed by atoms with Crippen LogP contribution >= 0.6 is 0 Å². The van der Waals surface area contributed by atoms with Gasteiger partial charge in [-0.25, -0.2) is 15.0 Å². The van der Waals surface area contributed by atoms with E-state index in [1.807, 2.05) is 78.9 Å². The van der Waals surface area contributed by atoms with Gasteiger partial charge in [0.25, 0.3) is 0 Å². The fraction of sp³-hybridized carbons (Fsp3) is 0.0286. The molecule has 0 radical (unpaired) electrons. The first kappa shape index (κ1) is 23.5. The van der Waals surface area contributed by atoms with Gasteiger partial charge in [-0.1, -0.05) is 90.5 Å². The second-order valence-electron chi connectivity index (χ2n) is 9.75. The van der Waals surface area contributed by atoms with Gasteiger partial charge in [-0.2, -0.15) is 5.26 Å². The molecule has 0 saturated carbocycles. The molecule has 0 aliphatic rings. The highest BCUT2D eigenvalue weighted by molar-refractivity contribution is 6.09. The summed E-state index contributed by atoms with van der Waals surface area (Å²) in [6, 6.07) is 42.9. The molecule has 2 heterocycles. The summed E-state index contributed by atoms with van der Waals surface area (Å²) in [4.78, 5) is 14.6. The fourth-order valence-electron chi connectivity index (χ4n) is 5.25. The number of rotatable bonds is 4. The van der Waals surface area contributed by atoms with Gasteiger partial charge in [0.1, 0.15) is 0 Å². The quantitative estimate of drug-likeness (QED) is 0.238. The smallest absolute Gasteiger partial charge is 0.165 e. The molecule has 0 N–H and O–H groups in total. The first-order chi connectivity index (χ1) is 19.7. The lowest BCUT2D eigenvalue weighted by Gasteiger charge is -2.13. The third-order valence-electron chi connectivity index (χ3n) is 7.15. The molecule has 0 bridgehead atoms. The molecule has 0 unspecified atom stereocenters. The van der Waals surface area contributed by atoms with Crippen LogP contribution in [-0.2, 0) is 0 Å². The third kappa shape index (κ3) is 4.00. The summed E-state index contributed by atoms with van der Waals surface area (Å²) in [6.45, 7) is 2.11. The maximum atomic E-state index is 10.1. The van der Waals surface area contributed by atoms with Gasteiger partial charge in [0.15, 0.2) is 17.5 Å². The topological polar surface area (TPSA) is 67.4 Å². The minimum absolute atomic E-state index is 0.461. The molecule has 5 nitrogen and oxygen atoms in total. The van der Waals surface area contributed by atoms with Crippen LogP contribution < -0.4 is 0 Å². The average molecular weight is 514 g/mol. The van der Waals surface area contributed by atoms with Crippen LogP contribution in [0.3, 0.4) is 0 Å². The van der Waals surface area contributed by atoms with Gasteiger partial charge in [0.2, 0.25) is 0 Å². The van der Waals surface area contributed by atoms with Crippen molar-refractivity contribution < 1.29 is 0 Å². The fourth-order valence-corrected chi connectivity index (χ4v) is 5.25. The van der Waals surface area contributed by atoms with Crippen LogP contribution in [0.1, 0.15) is 11.1 Å². The highest BCUT2D eigenvalue weighted by atomic mass is 15.0. The number of aryl methyl sites for hydroxylation is 1. The predicted octanol–water partition coefficient (Wildman–Crippen LogP) is 8.15. The normalized spacial score (nSPS) is 11.1. The average Bonchev–Trinajstić information content (AvgIpc) is 3.35. The Morgan fingerprint density at radius 2 is 1.18 bits per heavy atom. The standard InChI is InChI=1S/C35H23N5/c1-23-16-19-32-30(20-23)28-14-8-9-15-31(28)40(32)27-18-17-26(22-36)29(21-27)35-38-33(24-10-4-2-5-11-24)37-34(39-35)25-12-6-3-7-13-25/h2-21H,1H3. The Kier molecular flexibility index (Phi) is 5.65. The molecular formula is C35H23N5. The summed E-state index contributed by atoms with van der Waals surface area (Å²) < 4.78 is 2.24. The molecule has 7 aromatic rings. The van der Waals surface area contributed by atoms with E-state index in [1.54, 1.807) is 0 Å². The van der Waals surface area contributed by atoms with E-state index in [4.69, 9.17) is 15.0 Å². The number of aromatic nitrogens is 4. The summed E-state index contributed by atoms with van der Waals surface area (Å²) in [6.07, 6.45) is 0. The van der Waals surface area contributed by atoms with Crippen molar-refractivity contribution in [2.75, 3.05) is 0 Å². The summed E-state index contributed by atoms with van der Waals surface area (Å²) in [5.74, 6) is 1.58. The van der Waals surface area contributed by atoms with Crippen LogP contribution in [0.4, 0.5) is 0 Å². The van der Waals surface area contributed by atoms with E-state index < -0.39 is 0 Å². The van der Waals surface area contributed by atoms with E-state index in [1.165, 1.54) is 16.3 Å². The van der Waals surface area contributed by atoms with Gasteiger partial charge in [-0.05, 0) is 43.3 Å². The number of hydrogen-bond donors (Lipinski definition) is 0. The first-order valence-electron chi connectivity index (χ1n) is 13.1. The van der Waals surface area contributed by atoms with Gasteiger partial charge in [-0.3, -0.25) is 0 Å². The van der Waals surface area contributed by atoms with E-state index in [0.29, 0.717) is 28.6 Å². The SMILES string of the molecule is Cc1ccc2c(c1)c1ccccc1n2-c1ccc(C#N)c(-c2nc(-c3ccccc3)nc(-c3ccccc3)n2)c1. The van der Waals surface area contributed by atoms with E-state index in [0.717, 1.165) is 27.8 Å². The molecular weight excluding hydrogens is 490 g/mol. The minimum Gasteiger partial charge on any atom is -0.309 e. The zero-order valence-electron chi connectivity index (χ0n) is 21.8. The summed E-state index contributed by atoms with van der Waals surface area (Å²) in [5.41, 5.74) is 7.29. The van der Waals surface area contributed by atoms with Crippen LogP contribution in [0.25, 0.3) is 61.7 Å². The van der Waals surface area contributed by atoms with Crippen molar-refractivity contribution in [3.05, 3.63) is 132 Å². The van der Waals surface area contributed by atoms with Gasteiger partial charge < -0.3 is 4.57 Å². The number of para-hydroxylation sites is 1. The molecule has 0 aliphatic heterocycles. The molecule has 0 atom stereocenters. The monoisotopic (exact) mass is 513 g/mol. The van der Waals surface area contributed by atoms with Crippen LogP contribution in [0.5, 0.6) is 0 Å². The lowest BCUT2D eigenvalue weighted by molar-refractivity contribution is 1.07. The Hall–Kier alpha value is -5.60.